The van der Waals surface area contributed by atoms with Crippen LogP contribution in [0.15, 0.2) is 120 Å². The molecule has 448 valence electrons. The molecule has 5 aromatic heterocycles. The van der Waals surface area contributed by atoms with Crippen molar-refractivity contribution in [2.75, 3.05) is 25.3 Å². The minimum Gasteiger partial charge on any atom is -0.477 e. The predicted octanol–water partition coefficient (Wildman–Crippen LogP) is 2.91. The van der Waals surface area contributed by atoms with Crippen molar-refractivity contribution in [3.63, 3.8) is 0 Å². The van der Waals surface area contributed by atoms with Crippen molar-refractivity contribution in [2.45, 2.75) is 151 Å². The molecule has 5 aliphatic rings. The van der Waals surface area contributed by atoms with Crippen LogP contribution < -0.4 is 44.6 Å². The Hall–Kier alpha value is -7.72. The Bertz CT molecular complexity index is 3270. The van der Waals surface area contributed by atoms with Gasteiger partial charge in [-0.15, -0.1) is 12.4 Å². The molecule has 5 aliphatic carbocycles. The van der Waals surface area contributed by atoms with Gasteiger partial charge in [-0.2, -0.15) is 0 Å². The minimum atomic E-state index is -1.23. The van der Waals surface area contributed by atoms with Crippen LogP contribution in [0.2, 0.25) is 0 Å². The van der Waals surface area contributed by atoms with Crippen LogP contribution in [-0.4, -0.2) is 129 Å². The number of aliphatic hydroxyl groups excluding tert-OH is 5. The van der Waals surface area contributed by atoms with E-state index in [0.717, 1.165) is 38.5 Å². The van der Waals surface area contributed by atoms with Crippen LogP contribution in [0.4, 0.5) is 16.2 Å². The third-order valence-corrected chi connectivity index (χ3v) is 13.9. The Morgan fingerprint density at radius 2 is 0.927 bits per heavy atom. The maximum Gasteiger partial charge on any atom is 0.412 e. The summed E-state index contributed by atoms with van der Waals surface area (Å²) in [5.41, 5.74) is 8.00. The molecule has 0 radical (unpaired) electrons. The minimum absolute atomic E-state index is 0. The molecular weight excluding hydrogens is 1100 g/mol. The zero-order valence-electron chi connectivity index (χ0n) is 45.8. The van der Waals surface area contributed by atoms with Crippen LogP contribution in [0.5, 0.6) is 0 Å². The van der Waals surface area contributed by atoms with E-state index in [0.29, 0.717) is 25.7 Å². The molecule has 27 heteroatoms. The number of hydrogen-bond donors (Lipinski definition) is 9. The fraction of sp³-hybridized carbons (Fsp3) is 0.473. The maximum atomic E-state index is 12.2. The average Bonchev–Trinajstić information content (AvgIpc) is 3.62. The topological polar surface area (TPSA) is 400 Å². The van der Waals surface area contributed by atoms with Gasteiger partial charge in [0.05, 0.1) is 80.9 Å². The molecule has 0 aromatic carbocycles. The van der Waals surface area contributed by atoms with Gasteiger partial charge in [0.25, 0.3) is 22.2 Å². The molecule has 82 heavy (non-hydrogen) atoms. The number of carboxylic acid groups (broad SMARTS) is 1. The summed E-state index contributed by atoms with van der Waals surface area (Å²) in [6, 6.07) is 14.4. The first-order valence-corrected chi connectivity index (χ1v) is 26.0. The standard InChI is InChI=1S/C14H20N2O4.C11H13NO4.C10H11NO4.C9H12N2O2.C7H6O4.C4H9NO.ClH/c1-14(2,3)20-13(19)15-9-5-4-8-16(12(9)18)10-6-7-11(10)17;1-16-11(15)7-3-2-6-12(10(7)14)8-4-5-9(8)13;12-8-4-3-7(8)11-5-1-2-6(9(11)13)10(14)15;10-6-2-1-5-11(9(6)13)7-3-4-8(7)12;1-10-6(8)5-3-2-4-11-7(5)9;5-3-1-2-4(3)6;/h4-5,8,10-11,17H,6-7H2,1-3H3,(H,15,19);2-3,6,8-9,13H,4-5H2,1H3;1-2,5,7-8,12H,3-4H2,(H,14,15);1-2,5,7-8,12H,3-4,10H2;2-4H,1H3;3-4,6H,1-2,5H2;1H/t10-,11-;8-,9-;2*7-,8-;;3-,4-;/m0000.0./s1. The number of pyridine rings is 4. The predicted molar refractivity (Wildman–Crippen MR) is 299 cm³/mol. The van der Waals surface area contributed by atoms with Crippen molar-refractivity contribution in [3.8, 4) is 0 Å². The Balaban J connectivity index is 0.000000216. The van der Waals surface area contributed by atoms with Crippen molar-refractivity contribution >= 4 is 47.8 Å². The van der Waals surface area contributed by atoms with Gasteiger partial charge >= 0.3 is 29.6 Å². The van der Waals surface area contributed by atoms with Crippen LogP contribution >= 0.6 is 12.4 Å². The molecule has 0 bridgehead atoms. The van der Waals surface area contributed by atoms with Gasteiger partial charge in [0.2, 0.25) is 0 Å². The summed E-state index contributed by atoms with van der Waals surface area (Å²) in [6.07, 6.45) is 12.6. The Morgan fingerprint density at radius 3 is 1.29 bits per heavy atom. The number of rotatable bonds is 8. The SMILES string of the molecule is CC(C)(C)OC(=O)Nc1cccn([C@H]2CC[C@@H]2O)c1=O.COC(=O)c1cccn([C@H]2CC[C@@H]2O)c1=O.COC(=O)c1cccoc1=O.Cl.N[C@H]1CC[C@@H]1O.Nc1cccn([C@H]2CC[C@@H]2O)c1=O.O=C(O)c1cccn([C@H]2CC[C@@H]2O)c1=O. The number of aromatic carboxylic acids is 1. The van der Waals surface area contributed by atoms with E-state index in [1.54, 1.807) is 63.6 Å². The van der Waals surface area contributed by atoms with E-state index in [9.17, 15) is 63.6 Å². The second-order valence-corrected chi connectivity index (χ2v) is 20.5. The largest absolute Gasteiger partial charge is 0.477 e. The number of carbonyl (C=O) groups excluding carboxylic acids is 3. The molecule has 10 rings (SSSR count). The lowest BCUT2D eigenvalue weighted by molar-refractivity contribution is 0.0292. The highest BCUT2D eigenvalue weighted by molar-refractivity contribution is 5.89. The van der Waals surface area contributed by atoms with Crippen LogP contribution in [-0.2, 0) is 14.2 Å². The normalized spacial score (nSPS) is 23.3. The van der Waals surface area contributed by atoms with Gasteiger partial charge in [-0.25, -0.2) is 24.0 Å². The van der Waals surface area contributed by atoms with E-state index in [1.165, 1.54) is 81.3 Å². The molecule has 26 nitrogen and oxygen atoms in total. The van der Waals surface area contributed by atoms with Crippen LogP contribution in [0, 0.1) is 0 Å². The van der Waals surface area contributed by atoms with Crippen molar-refractivity contribution in [1.82, 2.24) is 18.3 Å². The van der Waals surface area contributed by atoms with Crippen molar-refractivity contribution in [1.29, 1.82) is 0 Å². The number of halogens is 1. The molecule has 0 saturated heterocycles. The van der Waals surface area contributed by atoms with E-state index < -0.39 is 64.7 Å². The van der Waals surface area contributed by atoms with Crippen molar-refractivity contribution < 1.29 is 68.4 Å². The molecule has 5 heterocycles. The number of nitrogen functional groups attached to an aromatic ring is 1. The summed E-state index contributed by atoms with van der Waals surface area (Å²) in [5, 5.41) is 57.7. The van der Waals surface area contributed by atoms with Gasteiger partial charge in [0.15, 0.2) is 0 Å². The number of nitrogens with one attached hydrogen (secondary N) is 1. The van der Waals surface area contributed by atoms with Gasteiger partial charge in [-0.1, -0.05) is 0 Å². The summed E-state index contributed by atoms with van der Waals surface area (Å²) >= 11 is 0. The number of aliphatic hydroxyl groups is 5. The number of esters is 2. The van der Waals surface area contributed by atoms with Crippen LogP contribution in [0.25, 0.3) is 0 Å². The molecule has 1 amide bonds. The summed E-state index contributed by atoms with van der Waals surface area (Å²) < 4.78 is 24.1. The highest BCUT2D eigenvalue weighted by Gasteiger charge is 2.34. The van der Waals surface area contributed by atoms with Gasteiger partial charge in [0.1, 0.15) is 28.0 Å². The molecule has 0 spiro atoms. The molecule has 0 aliphatic heterocycles. The average molecular weight is 1170 g/mol. The fourth-order valence-electron chi connectivity index (χ4n) is 8.33. The maximum absolute atomic E-state index is 12.2. The number of ether oxygens (including phenoxy) is 3. The van der Waals surface area contributed by atoms with E-state index in [2.05, 4.69) is 19.2 Å². The van der Waals surface area contributed by atoms with E-state index in [4.69, 9.17) is 26.4 Å². The van der Waals surface area contributed by atoms with Crippen LogP contribution in [0.3, 0.4) is 0 Å². The number of carbonyl (C=O) groups is 4. The summed E-state index contributed by atoms with van der Waals surface area (Å²) in [5.74, 6) is -2.56. The van der Waals surface area contributed by atoms with Crippen molar-refractivity contribution in [3.05, 3.63) is 160 Å². The van der Waals surface area contributed by atoms with E-state index >= 15 is 0 Å². The summed E-state index contributed by atoms with van der Waals surface area (Å²) in [6.45, 7) is 5.25. The number of nitrogens with zero attached hydrogens (tertiary/aromatic N) is 4. The molecular formula is C55H72ClN7O19. The smallest absolute Gasteiger partial charge is 0.412 e. The summed E-state index contributed by atoms with van der Waals surface area (Å²) in [4.78, 5) is 102. The Morgan fingerprint density at radius 1 is 0.549 bits per heavy atom. The Kier molecular flexibility index (Phi) is 24.7. The number of nitrogens with two attached hydrogens (primary N) is 2. The first kappa shape index (κ1) is 66.8. The second-order valence-electron chi connectivity index (χ2n) is 20.5. The number of anilines is 2. The first-order valence-electron chi connectivity index (χ1n) is 26.0. The van der Waals surface area contributed by atoms with Crippen molar-refractivity contribution in [2.24, 2.45) is 5.73 Å². The third-order valence-electron chi connectivity index (χ3n) is 13.9. The zero-order chi connectivity index (χ0) is 59.9. The zero-order valence-corrected chi connectivity index (χ0v) is 46.7. The van der Waals surface area contributed by atoms with E-state index in [1.807, 2.05) is 0 Å². The Labute approximate surface area is 475 Å². The number of carboxylic acids is 1. The number of hydrogen-bond acceptors (Lipinski definition) is 20. The lowest BCUT2D eigenvalue weighted by atomic mass is 9.89. The van der Waals surface area contributed by atoms with Gasteiger partial charge < -0.3 is 79.0 Å². The van der Waals surface area contributed by atoms with Gasteiger partial charge in [0, 0.05) is 30.8 Å². The first-order chi connectivity index (χ1) is 38.3. The third kappa shape index (κ3) is 17.4. The second kappa shape index (κ2) is 30.4. The monoisotopic (exact) mass is 1170 g/mol. The highest BCUT2D eigenvalue weighted by atomic mass is 35.5. The quantitative estimate of drug-likeness (QED) is 0.0796. The molecule has 11 N–H and O–H groups in total. The number of amides is 1. The summed E-state index contributed by atoms with van der Waals surface area (Å²) in [7, 11) is 2.44. The molecule has 0 unspecified atom stereocenters. The number of aromatic nitrogens is 4. The van der Waals surface area contributed by atoms with Crippen LogP contribution in [0.1, 0.15) is 140 Å². The van der Waals surface area contributed by atoms with Gasteiger partial charge in [-0.3, -0.25) is 24.5 Å². The molecule has 5 fully saturated rings. The molecule has 5 saturated carbocycles. The van der Waals surface area contributed by atoms with Gasteiger partial charge in [-0.05, 0) is 146 Å². The highest BCUT2D eigenvalue weighted by Crippen LogP contribution is 2.33. The lowest BCUT2D eigenvalue weighted by Gasteiger charge is -2.34. The fourth-order valence-corrected chi connectivity index (χ4v) is 8.33. The molecule has 10 atom stereocenters. The molecule has 5 aromatic rings. The lowest BCUT2D eigenvalue weighted by Crippen LogP contribution is -2.43. The van der Waals surface area contributed by atoms with E-state index in [-0.39, 0.29) is 94.0 Å². The number of methoxy groups -OCH3 is 2.